The monoisotopic (exact) mass is 568 g/mol. The van der Waals surface area contributed by atoms with E-state index in [1.165, 1.54) is 6.07 Å². The quantitative estimate of drug-likeness (QED) is 0.381. The minimum Gasteiger partial charge on any atom is -0.444 e. The minimum absolute atomic E-state index is 0.0521. The van der Waals surface area contributed by atoms with E-state index in [1.807, 2.05) is 4.90 Å². The first-order valence-electron chi connectivity index (χ1n) is 12.2. The molecule has 9 nitrogen and oxygen atoms in total. The summed E-state index contributed by atoms with van der Waals surface area (Å²) in [4.78, 5) is 28.9. The molecule has 0 spiro atoms. The first-order chi connectivity index (χ1) is 18.4. The van der Waals surface area contributed by atoms with Crippen molar-refractivity contribution in [2.75, 3.05) is 23.3 Å². The third kappa shape index (κ3) is 5.45. The summed E-state index contributed by atoms with van der Waals surface area (Å²) in [5, 5.41) is 2.10. The van der Waals surface area contributed by atoms with Crippen molar-refractivity contribution in [2.24, 2.45) is 0 Å². The number of benzene rings is 1. The van der Waals surface area contributed by atoms with Crippen LogP contribution in [0.25, 0.3) is 11.0 Å². The molecule has 3 aromatic rings. The van der Waals surface area contributed by atoms with E-state index in [2.05, 4.69) is 25.0 Å². The number of piperazine rings is 1. The third-order valence-corrected chi connectivity index (χ3v) is 6.84. The molecule has 14 heteroatoms. The second-order valence-corrected chi connectivity index (χ2v) is 10.7. The Hall–Kier alpha value is -3.61. The molecule has 3 aliphatic rings. The molecular formula is C25H25ClF4N6O3. The van der Waals surface area contributed by atoms with Crippen molar-refractivity contribution in [3.05, 3.63) is 41.2 Å². The Bertz CT molecular complexity index is 1420. The molecule has 208 valence electrons. The topological polar surface area (TPSA) is 92.7 Å². The molecule has 1 N–H and O–H groups in total. The zero-order valence-corrected chi connectivity index (χ0v) is 22.0. The van der Waals surface area contributed by atoms with Gasteiger partial charge >= 0.3 is 12.7 Å². The van der Waals surface area contributed by atoms with Crippen LogP contribution in [0.1, 0.15) is 33.6 Å². The second-order valence-electron chi connectivity index (χ2n) is 10.3. The van der Waals surface area contributed by atoms with E-state index in [1.54, 1.807) is 25.7 Å². The van der Waals surface area contributed by atoms with Gasteiger partial charge in [0.15, 0.2) is 23.3 Å². The number of piperidine rings is 2. The van der Waals surface area contributed by atoms with E-state index in [-0.39, 0.29) is 40.4 Å². The maximum absolute atomic E-state index is 15.3. The van der Waals surface area contributed by atoms with Crippen LogP contribution in [0.2, 0.25) is 5.02 Å². The summed E-state index contributed by atoms with van der Waals surface area (Å²) in [7, 11) is 0. The van der Waals surface area contributed by atoms with E-state index in [9.17, 15) is 18.0 Å². The number of hydrogen-bond donors (Lipinski definition) is 1. The Balaban J connectivity index is 1.44. The summed E-state index contributed by atoms with van der Waals surface area (Å²) < 4.78 is 65.0. The molecule has 2 atom stereocenters. The standard InChI is InChI=1S/C25H25ClF4N6O3/c1-25(2,3)39-24(37)36-10-12-4-5-13(36)9-35(12)22-14(27)8-16-20(34-22)21(32-11-31-16)33-15-6-7-17(38-23(29)30)18(26)19(15)28/h6-8,11-13,23H,4-5,9-10H2,1-3H3,(H,31,32,33). The maximum atomic E-state index is 15.3. The van der Waals surface area contributed by atoms with Crippen molar-refractivity contribution in [1.29, 1.82) is 0 Å². The van der Waals surface area contributed by atoms with Gasteiger partial charge in [0.05, 0.1) is 17.2 Å². The lowest BCUT2D eigenvalue weighted by molar-refractivity contribution is -0.0499. The number of pyridine rings is 1. The smallest absolute Gasteiger partial charge is 0.410 e. The lowest BCUT2D eigenvalue weighted by Gasteiger charge is -2.51. The third-order valence-electron chi connectivity index (χ3n) is 6.49. The average molecular weight is 569 g/mol. The van der Waals surface area contributed by atoms with Crippen LogP contribution in [0.3, 0.4) is 0 Å². The van der Waals surface area contributed by atoms with E-state index in [0.717, 1.165) is 31.3 Å². The lowest BCUT2D eigenvalue weighted by Crippen LogP contribution is -2.64. The fraction of sp³-hybridized carbons (Fsp3) is 0.440. The van der Waals surface area contributed by atoms with Crippen molar-refractivity contribution < 1.29 is 31.8 Å². The number of aromatic nitrogens is 3. The van der Waals surface area contributed by atoms with E-state index >= 15 is 4.39 Å². The van der Waals surface area contributed by atoms with Gasteiger partial charge in [0.25, 0.3) is 0 Å². The molecule has 0 aliphatic carbocycles. The fourth-order valence-corrected chi connectivity index (χ4v) is 5.03. The van der Waals surface area contributed by atoms with Crippen LogP contribution in [-0.2, 0) is 4.74 Å². The maximum Gasteiger partial charge on any atom is 0.410 e. The normalized spacial score (nSPS) is 19.1. The van der Waals surface area contributed by atoms with Gasteiger partial charge < -0.3 is 24.6 Å². The molecule has 6 rings (SSSR count). The van der Waals surface area contributed by atoms with E-state index in [4.69, 9.17) is 16.3 Å². The Morgan fingerprint density at radius 3 is 2.56 bits per heavy atom. The molecule has 3 fully saturated rings. The molecule has 3 aliphatic heterocycles. The Kier molecular flexibility index (Phi) is 7.04. The number of nitrogens with one attached hydrogen (secondary N) is 1. The summed E-state index contributed by atoms with van der Waals surface area (Å²) >= 11 is 5.87. The van der Waals surface area contributed by atoms with Crippen LogP contribution in [-0.4, -0.2) is 63.3 Å². The summed E-state index contributed by atoms with van der Waals surface area (Å²) in [5.74, 6) is -2.06. The van der Waals surface area contributed by atoms with Gasteiger partial charge in [-0.05, 0) is 45.7 Å². The lowest BCUT2D eigenvalue weighted by atomic mass is 9.91. The number of halogens is 5. The Labute approximate surface area is 226 Å². The molecule has 2 unspecified atom stereocenters. The summed E-state index contributed by atoms with van der Waals surface area (Å²) in [6.07, 6.45) is 2.22. The predicted molar refractivity (Wildman–Crippen MR) is 136 cm³/mol. The molecule has 39 heavy (non-hydrogen) atoms. The molecule has 0 saturated carbocycles. The minimum atomic E-state index is -3.18. The van der Waals surface area contributed by atoms with E-state index in [0.29, 0.717) is 13.1 Å². The summed E-state index contributed by atoms with van der Waals surface area (Å²) in [6.45, 7) is 2.93. The Morgan fingerprint density at radius 1 is 1.15 bits per heavy atom. The highest BCUT2D eigenvalue weighted by Crippen LogP contribution is 2.37. The van der Waals surface area contributed by atoms with Crippen LogP contribution in [0.5, 0.6) is 5.75 Å². The van der Waals surface area contributed by atoms with Gasteiger partial charge in [0.2, 0.25) is 0 Å². The average Bonchev–Trinajstić information content (AvgIpc) is 2.87. The zero-order chi connectivity index (χ0) is 28.1. The number of rotatable bonds is 5. The molecule has 0 radical (unpaired) electrons. The van der Waals surface area contributed by atoms with Gasteiger partial charge in [-0.15, -0.1) is 0 Å². The highest BCUT2D eigenvalue weighted by Gasteiger charge is 2.43. The highest BCUT2D eigenvalue weighted by atomic mass is 35.5. The number of nitrogens with zero attached hydrogens (tertiary/aromatic N) is 5. The van der Waals surface area contributed by atoms with Crippen molar-refractivity contribution in [2.45, 2.75) is 57.9 Å². The molecule has 1 amide bonds. The van der Waals surface area contributed by atoms with Gasteiger partial charge in [0.1, 0.15) is 28.2 Å². The summed E-state index contributed by atoms with van der Waals surface area (Å²) in [5.41, 5.74) is -0.499. The number of fused-ring (bicyclic) bond motifs is 4. The molecule has 1 aromatic carbocycles. The Morgan fingerprint density at radius 2 is 1.90 bits per heavy atom. The molecule has 2 aromatic heterocycles. The van der Waals surface area contributed by atoms with Crippen LogP contribution >= 0.6 is 11.6 Å². The first kappa shape index (κ1) is 27.0. The van der Waals surface area contributed by atoms with Gasteiger partial charge in [-0.3, -0.25) is 0 Å². The predicted octanol–water partition coefficient (Wildman–Crippen LogP) is 5.89. The van der Waals surface area contributed by atoms with Crippen LogP contribution in [0.15, 0.2) is 24.5 Å². The SMILES string of the molecule is CC(C)(C)OC(=O)N1CC2CCC1CN2c1nc2c(Nc3ccc(OC(F)F)c(Cl)c3F)ncnc2cc1F. The number of hydrogen-bond acceptors (Lipinski definition) is 8. The van der Waals surface area contributed by atoms with Crippen molar-refractivity contribution >= 4 is 46.1 Å². The number of amides is 1. The van der Waals surface area contributed by atoms with Crippen LogP contribution < -0.4 is 15.0 Å². The molecule has 3 saturated heterocycles. The number of ether oxygens (including phenoxy) is 2. The van der Waals surface area contributed by atoms with Gasteiger partial charge in [-0.1, -0.05) is 11.6 Å². The van der Waals surface area contributed by atoms with Gasteiger partial charge in [0, 0.05) is 25.2 Å². The number of carbonyl (C=O) groups is 1. The van der Waals surface area contributed by atoms with E-state index < -0.39 is 40.7 Å². The van der Waals surface area contributed by atoms with Crippen molar-refractivity contribution in [3.63, 3.8) is 0 Å². The fourth-order valence-electron chi connectivity index (χ4n) is 4.82. The molecule has 5 heterocycles. The second kappa shape index (κ2) is 10.2. The highest BCUT2D eigenvalue weighted by molar-refractivity contribution is 6.32. The first-order valence-corrected chi connectivity index (χ1v) is 12.6. The van der Waals surface area contributed by atoms with Crippen LogP contribution in [0.4, 0.5) is 39.7 Å². The summed E-state index contributed by atoms with van der Waals surface area (Å²) in [6, 6.07) is 3.08. The van der Waals surface area contributed by atoms with Gasteiger partial charge in [-0.25, -0.2) is 28.5 Å². The van der Waals surface area contributed by atoms with Crippen LogP contribution in [0, 0.1) is 11.6 Å². The number of carbonyl (C=O) groups excluding carboxylic acids is 1. The largest absolute Gasteiger partial charge is 0.444 e. The number of anilines is 3. The van der Waals surface area contributed by atoms with Crippen molar-refractivity contribution in [3.8, 4) is 5.75 Å². The van der Waals surface area contributed by atoms with Gasteiger partial charge in [-0.2, -0.15) is 8.78 Å². The molecular weight excluding hydrogens is 544 g/mol. The number of alkyl halides is 2. The zero-order valence-electron chi connectivity index (χ0n) is 21.2. The molecule has 2 bridgehead atoms. The van der Waals surface area contributed by atoms with Crippen molar-refractivity contribution in [1.82, 2.24) is 19.9 Å².